The van der Waals surface area contributed by atoms with Gasteiger partial charge in [-0.25, -0.2) is 4.39 Å². The maximum atomic E-state index is 13.4. The summed E-state index contributed by atoms with van der Waals surface area (Å²) in [6, 6.07) is 3.47. The minimum atomic E-state index is -0.105. The fourth-order valence-corrected chi connectivity index (χ4v) is 1.40. The molecule has 0 bridgehead atoms. The molecule has 0 aliphatic carbocycles. The van der Waals surface area contributed by atoms with E-state index in [1.165, 1.54) is 0 Å². The standard InChI is InChI=1S/C11H16FN/c1-7(2)9-6-11(13-4)8(3)5-10(9)12/h5-7,13H,1-4H3. The van der Waals surface area contributed by atoms with Crippen LogP contribution in [0.5, 0.6) is 0 Å². The highest BCUT2D eigenvalue weighted by Gasteiger charge is 2.09. The summed E-state index contributed by atoms with van der Waals surface area (Å²) < 4.78 is 13.4. The van der Waals surface area contributed by atoms with Crippen LogP contribution in [0.2, 0.25) is 0 Å². The van der Waals surface area contributed by atoms with Gasteiger partial charge in [-0.05, 0) is 36.1 Å². The fourth-order valence-electron chi connectivity index (χ4n) is 1.40. The molecule has 0 radical (unpaired) electrons. The molecule has 0 aliphatic rings. The van der Waals surface area contributed by atoms with Gasteiger partial charge in [0.25, 0.3) is 0 Å². The molecular formula is C11H16FN. The SMILES string of the molecule is CNc1cc(C(C)C)c(F)cc1C. The van der Waals surface area contributed by atoms with E-state index in [-0.39, 0.29) is 11.7 Å². The lowest BCUT2D eigenvalue weighted by Crippen LogP contribution is -1.98. The molecule has 0 saturated carbocycles. The number of nitrogens with one attached hydrogen (secondary N) is 1. The van der Waals surface area contributed by atoms with Gasteiger partial charge in [-0.2, -0.15) is 0 Å². The Hall–Kier alpha value is -1.05. The van der Waals surface area contributed by atoms with Gasteiger partial charge in [0.1, 0.15) is 5.82 Å². The molecule has 0 fully saturated rings. The lowest BCUT2D eigenvalue weighted by Gasteiger charge is -2.12. The molecule has 0 aliphatic heterocycles. The Morgan fingerprint density at radius 3 is 2.38 bits per heavy atom. The third-order valence-corrected chi connectivity index (χ3v) is 2.24. The van der Waals surface area contributed by atoms with E-state index in [0.717, 1.165) is 16.8 Å². The van der Waals surface area contributed by atoms with Gasteiger partial charge in [-0.3, -0.25) is 0 Å². The van der Waals surface area contributed by atoms with Gasteiger partial charge in [0.2, 0.25) is 0 Å². The predicted octanol–water partition coefficient (Wildman–Crippen LogP) is 3.30. The molecule has 13 heavy (non-hydrogen) atoms. The number of hydrogen-bond acceptors (Lipinski definition) is 1. The molecule has 0 unspecified atom stereocenters. The molecule has 1 N–H and O–H groups in total. The molecule has 1 aromatic rings. The summed E-state index contributed by atoms with van der Waals surface area (Å²) in [4.78, 5) is 0. The van der Waals surface area contributed by atoms with Crippen molar-refractivity contribution >= 4 is 5.69 Å². The van der Waals surface area contributed by atoms with Crippen LogP contribution >= 0.6 is 0 Å². The largest absolute Gasteiger partial charge is 0.388 e. The number of rotatable bonds is 2. The van der Waals surface area contributed by atoms with Crippen molar-refractivity contribution in [2.24, 2.45) is 0 Å². The van der Waals surface area contributed by atoms with E-state index in [1.807, 2.05) is 33.9 Å². The van der Waals surface area contributed by atoms with E-state index in [4.69, 9.17) is 0 Å². The quantitative estimate of drug-likeness (QED) is 0.738. The summed E-state index contributed by atoms with van der Waals surface area (Å²) in [7, 11) is 1.85. The molecule has 1 rings (SSSR count). The monoisotopic (exact) mass is 181 g/mol. The Balaban J connectivity index is 3.22. The molecular weight excluding hydrogens is 165 g/mol. The minimum Gasteiger partial charge on any atom is -0.388 e. The van der Waals surface area contributed by atoms with E-state index in [1.54, 1.807) is 6.07 Å². The summed E-state index contributed by atoms with van der Waals surface area (Å²) in [5.41, 5.74) is 2.73. The minimum absolute atomic E-state index is 0.105. The Bertz CT molecular complexity index is 305. The van der Waals surface area contributed by atoms with E-state index in [2.05, 4.69) is 5.32 Å². The maximum absolute atomic E-state index is 13.4. The Morgan fingerprint density at radius 1 is 1.31 bits per heavy atom. The van der Waals surface area contributed by atoms with Crippen molar-refractivity contribution in [3.8, 4) is 0 Å². The zero-order valence-corrected chi connectivity index (χ0v) is 8.61. The van der Waals surface area contributed by atoms with Crippen molar-refractivity contribution in [3.63, 3.8) is 0 Å². The molecule has 0 saturated heterocycles. The van der Waals surface area contributed by atoms with Gasteiger partial charge in [0.15, 0.2) is 0 Å². The highest BCUT2D eigenvalue weighted by atomic mass is 19.1. The molecule has 0 atom stereocenters. The van der Waals surface area contributed by atoms with Crippen LogP contribution in [-0.2, 0) is 0 Å². The van der Waals surface area contributed by atoms with Crippen LogP contribution in [0.4, 0.5) is 10.1 Å². The molecule has 0 amide bonds. The van der Waals surface area contributed by atoms with Crippen molar-refractivity contribution < 1.29 is 4.39 Å². The van der Waals surface area contributed by atoms with E-state index < -0.39 is 0 Å². The Morgan fingerprint density at radius 2 is 1.92 bits per heavy atom. The summed E-state index contributed by atoms with van der Waals surface area (Å²) in [5.74, 6) is 0.124. The van der Waals surface area contributed by atoms with Crippen LogP contribution in [0.15, 0.2) is 12.1 Å². The van der Waals surface area contributed by atoms with Gasteiger partial charge < -0.3 is 5.32 Å². The second kappa shape index (κ2) is 3.77. The maximum Gasteiger partial charge on any atom is 0.127 e. The van der Waals surface area contributed by atoms with E-state index in [9.17, 15) is 4.39 Å². The lowest BCUT2D eigenvalue weighted by molar-refractivity contribution is 0.597. The number of aryl methyl sites for hydroxylation is 1. The average molecular weight is 181 g/mol. The Kier molecular flexibility index (Phi) is 2.91. The summed E-state index contributed by atoms with van der Waals surface area (Å²) in [6.07, 6.45) is 0. The van der Waals surface area contributed by atoms with Crippen molar-refractivity contribution in [2.75, 3.05) is 12.4 Å². The first kappa shape index (κ1) is 10.0. The van der Waals surface area contributed by atoms with Crippen molar-refractivity contribution in [2.45, 2.75) is 26.7 Å². The van der Waals surface area contributed by atoms with Crippen molar-refractivity contribution in [1.29, 1.82) is 0 Å². The fraction of sp³-hybridized carbons (Fsp3) is 0.455. The van der Waals surface area contributed by atoms with Gasteiger partial charge in [0.05, 0.1) is 0 Å². The lowest BCUT2D eigenvalue weighted by atomic mass is 10.00. The molecule has 2 heteroatoms. The van der Waals surface area contributed by atoms with Gasteiger partial charge in [0, 0.05) is 12.7 Å². The summed E-state index contributed by atoms with van der Waals surface area (Å²) in [6.45, 7) is 5.89. The van der Waals surface area contributed by atoms with Crippen LogP contribution in [-0.4, -0.2) is 7.05 Å². The van der Waals surface area contributed by atoms with Crippen molar-refractivity contribution in [1.82, 2.24) is 0 Å². The molecule has 0 spiro atoms. The summed E-state index contributed by atoms with van der Waals surface area (Å²) >= 11 is 0. The van der Waals surface area contributed by atoms with Gasteiger partial charge in [-0.15, -0.1) is 0 Å². The topological polar surface area (TPSA) is 12.0 Å². The average Bonchev–Trinajstić information content (AvgIpc) is 2.03. The van der Waals surface area contributed by atoms with Gasteiger partial charge in [-0.1, -0.05) is 13.8 Å². The van der Waals surface area contributed by atoms with Crippen molar-refractivity contribution in [3.05, 3.63) is 29.1 Å². The normalized spacial score (nSPS) is 10.6. The first-order valence-electron chi connectivity index (χ1n) is 4.54. The highest BCUT2D eigenvalue weighted by Crippen LogP contribution is 2.25. The predicted molar refractivity (Wildman–Crippen MR) is 54.8 cm³/mol. The second-order valence-electron chi connectivity index (χ2n) is 3.59. The van der Waals surface area contributed by atoms with Crippen LogP contribution in [0.3, 0.4) is 0 Å². The molecule has 0 heterocycles. The summed E-state index contributed by atoms with van der Waals surface area (Å²) in [5, 5.41) is 3.05. The number of benzene rings is 1. The molecule has 72 valence electrons. The van der Waals surface area contributed by atoms with Crippen LogP contribution in [0.1, 0.15) is 30.9 Å². The zero-order chi connectivity index (χ0) is 10.0. The first-order chi connectivity index (χ1) is 6.06. The molecule has 1 aromatic carbocycles. The third kappa shape index (κ3) is 2.00. The van der Waals surface area contributed by atoms with E-state index in [0.29, 0.717) is 0 Å². The first-order valence-corrected chi connectivity index (χ1v) is 4.54. The molecule has 0 aromatic heterocycles. The van der Waals surface area contributed by atoms with Crippen LogP contribution in [0, 0.1) is 12.7 Å². The number of hydrogen-bond donors (Lipinski definition) is 1. The molecule has 1 nitrogen and oxygen atoms in total. The van der Waals surface area contributed by atoms with E-state index >= 15 is 0 Å². The van der Waals surface area contributed by atoms with Gasteiger partial charge >= 0.3 is 0 Å². The third-order valence-electron chi connectivity index (χ3n) is 2.24. The number of anilines is 1. The highest BCUT2D eigenvalue weighted by molar-refractivity contribution is 5.53. The smallest absolute Gasteiger partial charge is 0.127 e. The zero-order valence-electron chi connectivity index (χ0n) is 8.61. The van der Waals surface area contributed by atoms with Crippen LogP contribution < -0.4 is 5.32 Å². The van der Waals surface area contributed by atoms with Crippen LogP contribution in [0.25, 0.3) is 0 Å². The Labute approximate surface area is 79.0 Å². The number of halogens is 1. The second-order valence-corrected chi connectivity index (χ2v) is 3.59.